The van der Waals surface area contributed by atoms with Gasteiger partial charge in [0.15, 0.2) is 0 Å². The Hall–Kier alpha value is -1.11. The molecule has 0 bridgehead atoms. The highest BCUT2D eigenvalue weighted by atomic mass is 79.9. The maximum absolute atomic E-state index is 12.4. The smallest absolute Gasteiger partial charge is 0.327 e. The second-order valence-electron chi connectivity index (χ2n) is 3.98. The van der Waals surface area contributed by atoms with Gasteiger partial charge in [0.2, 0.25) is 0 Å². The third-order valence-corrected chi connectivity index (χ3v) is 2.86. The van der Waals surface area contributed by atoms with Gasteiger partial charge in [0.05, 0.1) is 5.56 Å². The number of rotatable bonds is 3. The number of halogens is 4. The first-order chi connectivity index (χ1) is 8.22. The molecule has 1 rings (SSSR count). The lowest BCUT2D eigenvalue weighted by molar-refractivity contribution is -0.143. The highest BCUT2D eigenvalue weighted by Gasteiger charge is 2.35. The molecule has 0 fully saturated rings. The van der Waals surface area contributed by atoms with Gasteiger partial charge in [0.1, 0.15) is 11.1 Å². The van der Waals surface area contributed by atoms with Gasteiger partial charge in [-0.2, -0.15) is 13.2 Å². The van der Waals surface area contributed by atoms with E-state index in [1.54, 1.807) is 0 Å². The normalized spacial score (nSPS) is 11.7. The van der Waals surface area contributed by atoms with Gasteiger partial charge < -0.3 is 4.90 Å². The lowest BCUT2D eigenvalue weighted by Gasteiger charge is -2.27. The number of carbonyl (C=O) groups excluding carboxylic acids is 1. The molecular formula is C11H12BrF3N2O. The standard InChI is InChI=1S/C11H12BrF3N2O/c1-7(2)17(6-11(13,14)15)10(18)8-4-3-5-16-9(8)12/h3-5,7H,6H2,1-2H3. The van der Waals surface area contributed by atoms with Crippen molar-refractivity contribution in [3.8, 4) is 0 Å². The number of aromatic nitrogens is 1. The van der Waals surface area contributed by atoms with Crippen LogP contribution in [0.25, 0.3) is 0 Å². The predicted molar refractivity (Wildman–Crippen MR) is 64.2 cm³/mol. The zero-order chi connectivity index (χ0) is 13.9. The third-order valence-electron chi connectivity index (χ3n) is 2.22. The third kappa shape index (κ3) is 3.97. The highest BCUT2D eigenvalue weighted by Crippen LogP contribution is 2.22. The van der Waals surface area contributed by atoms with Gasteiger partial charge in [0.25, 0.3) is 5.91 Å². The highest BCUT2D eigenvalue weighted by molar-refractivity contribution is 9.10. The first-order valence-electron chi connectivity index (χ1n) is 5.20. The van der Waals surface area contributed by atoms with E-state index in [1.165, 1.54) is 32.2 Å². The largest absolute Gasteiger partial charge is 0.406 e. The van der Waals surface area contributed by atoms with Crippen molar-refractivity contribution < 1.29 is 18.0 Å². The van der Waals surface area contributed by atoms with E-state index in [-0.39, 0.29) is 10.2 Å². The Balaban J connectivity index is 3.01. The molecule has 0 aliphatic heterocycles. The number of hydrogen-bond acceptors (Lipinski definition) is 2. The Morgan fingerprint density at radius 3 is 2.56 bits per heavy atom. The fraction of sp³-hybridized carbons (Fsp3) is 0.455. The van der Waals surface area contributed by atoms with Crippen molar-refractivity contribution in [2.45, 2.75) is 26.1 Å². The summed E-state index contributed by atoms with van der Waals surface area (Å²) >= 11 is 3.05. The molecule has 1 aromatic rings. The summed E-state index contributed by atoms with van der Waals surface area (Å²) in [5.41, 5.74) is 0.121. The number of nitrogens with zero attached hydrogens (tertiary/aromatic N) is 2. The number of alkyl halides is 3. The van der Waals surface area contributed by atoms with Crippen molar-refractivity contribution in [2.24, 2.45) is 0 Å². The molecule has 0 atom stereocenters. The van der Waals surface area contributed by atoms with Crippen molar-refractivity contribution in [3.05, 3.63) is 28.5 Å². The molecule has 0 radical (unpaired) electrons. The Bertz CT molecular complexity index is 435. The monoisotopic (exact) mass is 324 g/mol. The molecule has 1 heterocycles. The van der Waals surface area contributed by atoms with Crippen LogP contribution in [0.1, 0.15) is 24.2 Å². The van der Waals surface area contributed by atoms with Crippen LogP contribution in [0.4, 0.5) is 13.2 Å². The Morgan fingerprint density at radius 1 is 1.50 bits per heavy atom. The summed E-state index contributed by atoms with van der Waals surface area (Å²) in [5.74, 6) is -0.692. The lowest BCUT2D eigenvalue weighted by atomic mass is 10.2. The van der Waals surface area contributed by atoms with E-state index in [4.69, 9.17) is 0 Å². The minimum Gasteiger partial charge on any atom is -0.327 e. The number of carbonyl (C=O) groups is 1. The Labute approximate surface area is 111 Å². The average Bonchev–Trinajstić information content (AvgIpc) is 2.24. The van der Waals surface area contributed by atoms with E-state index in [2.05, 4.69) is 20.9 Å². The molecule has 1 aromatic heterocycles. The summed E-state index contributed by atoms with van der Waals surface area (Å²) in [4.78, 5) is 16.6. The molecular weight excluding hydrogens is 313 g/mol. The average molecular weight is 325 g/mol. The lowest BCUT2D eigenvalue weighted by Crippen LogP contribution is -2.43. The molecule has 0 aliphatic rings. The maximum Gasteiger partial charge on any atom is 0.406 e. The Morgan fingerprint density at radius 2 is 2.11 bits per heavy atom. The van der Waals surface area contributed by atoms with Gasteiger partial charge in [-0.1, -0.05) is 0 Å². The molecule has 3 nitrogen and oxygen atoms in total. The first-order valence-corrected chi connectivity index (χ1v) is 6.00. The van der Waals surface area contributed by atoms with Gasteiger partial charge in [-0.25, -0.2) is 4.98 Å². The topological polar surface area (TPSA) is 33.2 Å². The van der Waals surface area contributed by atoms with Crippen LogP contribution in [0.2, 0.25) is 0 Å². The van der Waals surface area contributed by atoms with Crippen LogP contribution in [0, 0.1) is 0 Å². The molecule has 0 aliphatic carbocycles. The van der Waals surface area contributed by atoms with Crippen molar-refractivity contribution in [1.82, 2.24) is 9.88 Å². The minimum atomic E-state index is -4.42. The molecule has 0 saturated heterocycles. The molecule has 7 heteroatoms. The predicted octanol–water partition coefficient (Wildman–Crippen LogP) is 3.26. The molecule has 18 heavy (non-hydrogen) atoms. The fourth-order valence-electron chi connectivity index (χ4n) is 1.38. The van der Waals surface area contributed by atoms with Gasteiger partial charge in [-0.3, -0.25) is 4.79 Å². The summed E-state index contributed by atoms with van der Waals surface area (Å²) < 4.78 is 37.5. The molecule has 0 spiro atoms. The van der Waals surface area contributed by atoms with Gasteiger partial charge in [-0.15, -0.1) is 0 Å². The maximum atomic E-state index is 12.4. The van der Waals surface area contributed by atoms with Crippen LogP contribution in [-0.4, -0.2) is 34.6 Å². The van der Waals surface area contributed by atoms with Crippen molar-refractivity contribution >= 4 is 21.8 Å². The summed E-state index contributed by atoms with van der Waals surface area (Å²) in [6.07, 6.45) is -2.97. The van der Waals surface area contributed by atoms with Gasteiger partial charge >= 0.3 is 6.18 Å². The summed E-state index contributed by atoms with van der Waals surface area (Å²) in [5, 5.41) is 0. The van der Waals surface area contributed by atoms with Crippen molar-refractivity contribution in [1.29, 1.82) is 0 Å². The van der Waals surface area contributed by atoms with Crippen molar-refractivity contribution in [2.75, 3.05) is 6.54 Å². The molecule has 100 valence electrons. The zero-order valence-corrected chi connectivity index (χ0v) is 11.4. The Kier molecular flexibility index (Phi) is 4.72. The van der Waals surface area contributed by atoms with Crippen LogP contribution in [0.15, 0.2) is 22.9 Å². The van der Waals surface area contributed by atoms with Crippen LogP contribution < -0.4 is 0 Å². The second kappa shape index (κ2) is 5.69. The van der Waals surface area contributed by atoms with Crippen LogP contribution in [0.5, 0.6) is 0 Å². The van der Waals surface area contributed by atoms with E-state index in [1.807, 2.05) is 0 Å². The molecule has 0 saturated carbocycles. The number of amides is 1. The van der Waals surface area contributed by atoms with E-state index >= 15 is 0 Å². The SMILES string of the molecule is CC(C)N(CC(F)(F)F)C(=O)c1cccnc1Br. The van der Waals surface area contributed by atoms with Crippen LogP contribution in [0.3, 0.4) is 0 Å². The number of pyridine rings is 1. The molecule has 1 amide bonds. The fourth-order valence-corrected chi connectivity index (χ4v) is 1.80. The van der Waals surface area contributed by atoms with Gasteiger partial charge in [-0.05, 0) is 41.9 Å². The molecule has 0 N–H and O–H groups in total. The van der Waals surface area contributed by atoms with E-state index in [0.29, 0.717) is 0 Å². The van der Waals surface area contributed by atoms with Crippen LogP contribution in [-0.2, 0) is 0 Å². The summed E-state index contributed by atoms with van der Waals surface area (Å²) in [7, 11) is 0. The van der Waals surface area contributed by atoms with E-state index < -0.39 is 24.7 Å². The van der Waals surface area contributed by atoms with E-state index in [9.17, 15) is 18.0 Å². The first kappa shape index (κ1) is 14.9. The van der Waals surface area contributed by atoms with Gasteiger partial charge in [0, 0.05) is 12.2 Å². The molecule has 0 aromatic carbocycles. The zero-order valence-electron chi connectivity index (χ0n) is 9.83. The second-order valence-corrected chi connectivity index (χ2v) is 4.73. The molecule has 0 unspecified atom stereocenters. The quantitative estimate of drug-likeness (QED) is 0.799. The van der Waals surface area contributed by atoms with Crippen LogP contribution >= 0.6 is 15.9 Å². The van der Waals surface area contributed by atoms with Crippen molar-refractivity contribution in [3.63, 3.8) is 0 Å². The summed E-state index contributed by atoms with van der Waals surface area (Å²) in [6, 6.07) is 2.39. The summed E-state index contributed by atoms with van der Waals surface area (Å²) in [6.45, 7) is 1.80. The van der Waals surface area contributed by atoms with E-state index in [0.717, 1.165) is 4.90 Å². The number of hydrogen-bond donors (Lipinski definition) is 0. The minimum absolute atomic E-state index is 0.121.